The van der Waals surface area contributed by atoms with Crippen LogP contribution in [0.4, 0.5) is 0 Å². The molecule has 1 aliphatic heterocycles. The molecule has 174 valence electrons. The summed E-state index contributed by atoms with van der Waals surface area (Å²) in [5.74, 6) is -2.93. The number of benzene rings is 2. The van der Waals surface area contributed by atoms with Crippen molar-refractivity contribution in [1.29, 1.82) is 0 Å². The van der Waals surface area contributed by atoms with E-state index in [1.54, 1.807) is 37.3 Å². The van der Waals surface area contributed by atoms with Gasteiger partial charge in [-0.25, -0.2) is 5.01 Å². The Labute approximate surface area is 207 Å². The summed E-state index contributed by atoms with van der Waals surface area (Å²) in [6.07, 6.45) is 4.94. The predicted molar refractivity (Wildman–Crippen MR) is 127 cm³/mol. The number of ketones is 1. The van der Waals surface area contributed by atoms with Crippen molar-refractivity contribution in [2.45, 2.75) is 25.8 Å². The molecule has 0 radical (unpaired) electrons. The normalized spacial score (nSPS) is 25.6. The summed E-state index contributed by atoms with van der Waals surface area (Å²) in [6.45, 7) is 1.75. The van der Waals surface area contributed by atoms with Crippen molar-refractivity contribution >= 4 is 46.7 Å². The molecule has 2 bridgehead atoms. The van der Waals surface area contributed by atoms with E-state index in [0.717, 1.165) is 16.4 Å². The van der Waals surface area contributed by atoms with Crippen LogP contribution < -0.4 is 0 Å². The molecular formula is C26H22Cl2N2O4. The molecule has 3 aliphatic rings. The number of fused-ring (bicyclic) bond motifs is 5. The van der Waals surface area contributed by atoms with E-state index in [1.165, 1.54) is 18.2 Å². The highest BCUT2D eigenvalue weighted by atomic mass is 35.5. The van der Waals surface area contributed by atoms with Gasteiger partial charge in [-0.05, 0) is 42.9 Å². The first-order chi connectivity index (χ1) is 16.3. The number of carbonyl (C=O) groups is 4. The van der Waals surface area contributed by atoms with Crippen molar-refractivity contribution in [3.8, 4) is 0 Å². The van der Waals surface area contributed by atoms with Crippen molar-refractivity contribution in [2.75, 3.05) is 0 Å². The second-order valence-electron chi connectivity index (χ2n) is 8.92. The summed E-state index contributed by atoms with van der Waals surface area (Å²) in [4.78, 5) is 54.5. The summed E-state index contributed by atoms with van der Waals surface area (Å²) in [7, 11) is 0. The lowest BCUT2D eigenvalue weighted by atomic mass is 9.85. The average molecular weight is 497 g/mol. The Kier molecular flexibility index (Phi) is 5.82. The minimum absolute atomic E-state index is 0.0247. The highest BCUT2D eigenvalue weighted by Gasteiger charge is 2.62. The molecule has 5 rings (SSSR count). The van der Waals surface area contributed by atoms with Crippen molar-refractivity contribution < 1.29 is 19.2 Å². The van der Waals surface area contributed by atoms with Crippen LogP contribution in [0, 0.1) is 23.7 Å². The van der Waals surface area contributed by atoms with Crippen LogP contribution in [0.25, 0.3) is 0 Å². The summed E-state index contributed by atoms with van der Waals surface area (Å²) in [5, 5.41) is 2.41. The minimum atomic E-state index is -1.05. The van der Waals surface area contributed by atoms with Crippen LogP contribution in [0.15, 0.2) is 60.7 Å². The first-order valence-corrected chi connectivity index (χ1v) is 12.0. The number of rotatable bonds is 6. The van der Waals surface area contributed by atoms with Gasteiger partial charge in [-0.3, -0.25) is 19.2 Å². The van der Waals surface area contributed by atoms with Gasteiger partial charge in [-0.1, -0.05) is 72.6 Å². The highest BCUT2D eigenvalue weighted by molar-refractivity contribution is 6.42. The van der Waals surface area contributed by atoms with Gasteiger partial charge in [0.25, 0.3) is 17.7 Å². The predicted octanol–water partition coefficient (Wildman–Crippen LogP) is 4.82. The minimum Gasteiger partial charge on any atom is -0.292 e. The van der Waals surface area contributed by atoms with Crippen LogP contribution in [0.2, 0.25) is 10.0 Å². The third kappa shape index (κ3) is 3.48. The molecular weight excluding hydrogens is 475 g/mol. The Morgan fingerprint density at radius 3 is 2.12 bits per heavy atom. The molecule has 0 spiro atoms. The van der Waals surface area contributed by atoms with Crippen LogP contribution >= 0.6 is 23.2 Å². The Morgan fingerprint density at radius 2 is 1.56 bits per heavy atom. The van der Waals surface area contributed by atoms with E-state index < -0.39 is 35.6 Å². The SMILES string of the molecule is CC[C@H](C(=O)c1ccccc1)N(C(=O)c1ccc(Cl)c(Cl)c1)N1C(=O)[C@H]2[C@H](C1=O)[C@H]1C=C[C@H]2C1. The highest BCUT2D eigenvalue weighted by Crippen LogP contribution is 2.53. The number of hydrogen-bond donors (Lipinski definition) is 0. The molecule has 8 heteroatoms. The first-order valence-electron chi connectivity index (χ1n) is 11.3. The van der Waals surface area contributed by atoms with Crippen LogP contribution in [-0.4, -0.2) is 39.6 Å². The van der Waals surface area contributed by atoms with Gasteiger partial charge in [0, 0.05) is 11.1 Å². The third-order valence-corrected chi connectivity index (χ3v) is 7.82. The van der Waals surface area contributed by atoms with Crippen LogP contribution in [0.3, 0.4) is 0 Å². The van der Waals surface area contributed by atoms with Crippen molar-refractivity contribution in [1.82, 2.24) is 10.0 Å². The lowest BCUT2D eigenvalue weighted by Gasteiger charge is -2.36. The molecule has 2 aromatic carbocycles. The standard InChI is InChI=1S/C26H22Cl2N2O4/c1-2-20(23(31)14-6-4-3-5-7-14)29(24(32)17-10-11-18(27)19(28)13-17)30-25(33)21-15-8-9-16(12-15)22(21)26(30)34/h3-11,13,15-16,20-22H,2,12H2,1H3/t15-,16-,20+,21+,22+/m0/s1. The van der Waals surface area contributed by atoms with Crippen LogP contribution in [0.1, 0.15) is 40.5 Å². The van der Waals surface area contributed by atoms with E-state index in [4.69, 9.17) is 23.2 Å². The molecule has 34 heavy (non-hydrogen) atoms. The fourth-order valence-corrected chi connectivity index (χ4v) is 5.79. The van der Waals surface area contributed by atoms with Crippen molar-refractivity contribution in [3.05, 3.63) is 81.9 Å². The fourth-order valence-electron chi connectivity index (χ4n) is 5.50. The third-order valence-electron chi connectivity index (χ3n) is 7.08. The molecule has 5 atom stereocenters. The molecule has 6 nitrogen and oxygen atoms in total. The number of halogens is 2. The van der Waals surface area contributed by atoms with Gasteiger partial charge >= 0.3 is 0 Å². The molecule has 2 fully saturated rings. The first kappa shape index (κ1) is 22.8. The molecule has 0 aromatic heterocycles. The number of nitrogens with zero attached hydrogens (tertiary/aromatic N) is 2. The number of Topliss-reactive ketones (excluding diaryl/α,β-unsaturated/α-hetero) is 1. The Balaban J connectivity index is 1.59. The van der Waals surface area contributed by atoms with Crippen molar-refractivity contribution in [3.63, 3.8) is 0 Å². The maximum atomic E-state index is 13.8. The van der Waals surface area contributed by atoms with E-state index in [9.17, 15) is 19.2 Å². The Morgan fingerprint density at radius 1 is 0.941 bits per heavy atom. The van der Waals surface area contributed by atoms with E-state index in [-0.39, 0.29) is 39.6 Å². The Hall–Kier alpha value is -2.96. The lowest BCUT2D eigenvalue weighted by Crippen LogP contribution is -2.57. The van der Waals surface area contributed by atoms with E-state index in [0.29, 0.717) is 5.56 Å². The van der Waals surface area contributed by atoms with Gasteiger partial charge in [-0.15, -0.1) is 0 Å². The molecule has 1 saturated heterocycles. The largest absolute Gasteiger partial charge is 0.292 e. The van der Waals surface area contributed by atoms with E-state index in [1.807, 2.05) is 12.2 Å². The molecule has 3 amide bonds. The quantitative estimate of drug-likeness (QED) is 0.326. The van der Waals surface area contributed by atoms with Gasteiger partial charge < -0.3 is 0 Å². The second kappa shape index (κ2) is 8.67. The van der Waals surface area contributed by atoms with Crippen molar-refractivity contribution in [2.24, 2.45) is 23.7 Å². The molecule has 0 N–H and O–H groups in total. The van der Waals surface area contributed by atoms with Crippen LogP contribution in [0.5, 0.6) is 0 Å². The number of amides is 3. The maximum absolute atomic E-state index is 13.8. The second-order valence-corrected chi connectivity index (χ2v) is 9.74. The molecule has 2 aliphatic carbocycles. The Bertz CT molecular complexity index is 1200. The monoisotopic (exact) mass is 496 g/mol. The molecule has 1 saturated carbocycles. The van der Waals surface area contributed by atoms with E-state index in [2.05, 4.69) is 0 Å². The van der Waals surface area contributed by atoms with Crippen LogP contribution in [-0.2, 0) is 9.59 Å². The molecule has 1 heterocycles. The number of carbonyl (C=O) groups excluding carboxylic acids is 4. The summed E-state index contributed by atoms with van der Waals surface area (Å²) < 4.78 is 0. The zero-order chi connectivity index (χ0) is 24.1. The molecule has 2 aromatic rings. The number of allylic oxidation sites excluding steroid dienone is 2. The smallest absolute Gasteiger partial charge is 0.273 e. The zero-order valence-electron chi connectivity index (χ0n) is 18.4. The maximum Gasteiger partial charge on any atom is 0.273 e. The van der Waals surface area contributed by atoms with E-state index >= 15 is 0 Å². The zero-order valence-corrected chi connectivity index (χ0v) is 19.9. The summed E-state index contributed by atoms with van der Waals surface area (Å²) in [6, 6.07) is 11.8. The van der Waals surface area contributed by atoms with Gasteiger partial charge in [0.1, 0.15) is 6.04 Å². The average Bonchev–Trinajstić information content (AvgIpc) is 3.53. The number of hydrogen-bond acceptors (Lipinski definition) is 4. The van der Waals surface area contributed by atoms with Gasteiger partial charge in [0.15, 0.2) is 5.78 Å². The fraction of sp³-hybridized carbons (Fsp3) is 0.308. The lowest BCUT2D eigenvalue weighted by molar-refractivity contribution is -0.157. The number of hydrazine groups is 1. The number of imide groups is 1. The van der Waals surface area contributed by atoms with Gasteiger partial charge in [0.2, 0.25) is 0 Å². The van der Waals surface area contributed by atoms with Gasteiger partial charge in [-0.2, -0.15) is 5.01 Å². The topological polar surface area (TPSA) is 74.8 Å². The summed E-state index contributed by atoms with van der Waals surface area (Å²) >= 11 is 12.2. The van der Waals surface area contributed by atoms with Gasteiger partial charge in [0.05, 0.1) is 21.9 Å². The summed E-state index contributed by atoms with van der Waals surface area (Å²) in [5.41, 5.74) is 0.523. The molecule has 0 unspecified atom stereocenters.